The summed E-state index contributed by atoms with van der Waals surface area (Å²) in [5.74, 6) is 2.34. The Kier molecular flexibility index (Phi) is 7.81. The molecule has 0 aliphatic heterocycles. The Labute approximate surface area is 200 Å². The molecule has 0 bridgehead atoms. The largest absolute Gasteiger partial charge is 0.496 e. The molecule has 0 unspecified atom stereocenters. The number of hydrogen-bond donors (Lipinski definition) is 1. The van der Waals surface area contributed by atoms with Crippen molar-refractivity contribution in [1.29, 1.82) is 0 Å². The molecule has 6 nitrogen and oxygen atoms in total. The number of rotatable bonds is 11. The number of benzene rings is 3. The van der Waals surface area contributed by atoms with Gasteiger partial charge < -0.3 is 19.4 Å². The van der Waals surface area contributed by atoms with E-state index in [1.54, 1.807) is 19.2 Å². The summed E-state index contributed by atoms with van der Waals surface area (Å²) < 4.78 is 13.5. The number of nitrogens with zero attached hydrogens (tertiary/aromatic N) is 2. The van der Waals surface area contributed by atoms with E-state index in [0.29, 0.717) is 30.9 Å². The molecule has 1 N–H and O–H groups in total. The minimum atomic E-state index is -0.145. The molecule has 4 rings (SSSR count). The van der Waals surface area contributed by atoms with Crippen LogP contribution in [0.5, 0.6) is 11.5 Å². The van der Waals surface area contributed by atoms with Crippen LogP contribution in [0, 0.1) is 6.92 Å². The number of para-hydroxylation sites is 4. The summed E-state index contributed by atoms with van der Waals surface area (Å²) in [5.41, 5.74) is 3.78. The number of fused-ring (bicyclic) bond motifs is 1. The second-order valence-electron chi connectivity index (χ2n) is 8.20. The lowest BCUT2D eigenvalue weighted by atomic mass is 10.2. The molecule has 1 heterocycles. The Balaban J connectivity index is 1.35. The fourth-order valence-electron chi connectivity index (χ4n) is 4.05. The van der Waals surface area contributed by atoms with Crippen molar-refractivity contribution < 1.29 is 14.3 Å². The van der Waals surface area contributed by atoms with Crippen molar-refractivity contribution in [1.82, 2.24) is 14.9 Å². The zero-order valence-electron chi connectivity index (χ0n) is 19.8. The van der Waals surface area contributed by atoms with Gasteiger partial charge in [0.15, 0.2) is 0 Å². The van der Waals surface area contributed by atoms with Gasteiger partial charge in [-0.05, 0) is 55.7 Å². The number of unbranched alkanes of at least 4 members (excludes halogenated alkanes) is 1. The summed E-state index contributed by atoms with van der Waals surface area (Å²) in [7, 11) is 1.57. The smallest absolute Gasteiger partial charge is 0.255 e. The number of carbonyl (C=O) groups is 1. The Morgan fingerprint density at radius 2 is 1.68 bits per heavy atom. The van der Waals surface area contributed by atoms with Crippen molar-refractivity contribution >= 4 is 16.9 Å². The fraction of sp³-hybridized carbons (Fsp3) is 0.286. The number of hydrogen-bond acceptors (Lipinski definition) is 4. The lowest BCUT2D eigenvalue weighted by Gasteiger charge is -2.12. The molecule has 34 heavy (non-hydrogen) atoms. The van der Waals surface area contributed by atoms with Crippen LogP contribution in [-0.2, 0) is 13.0 Å². The first-order valence-corrected chi connectivity index (χ1v) is 11.7. The first-order chi connectivity index (χ1) is 16.7. The van der Waals surface area contributed by atoms with Gasteiger partial charge in [-0.15, -0.1) is 0 Å². The first-order valence-electron chi connectivity index (χ1n) is 11.7. The third-order valence-electron chi connectivity index (χ3n) is 5.85. The average molecular weight is 458 g/mol. The van der Waals surface area contributed by atoms with Crippen LogP contribution in [0.15, 0.2) is 72.8 Å². The van der Waals surface area contributed by atoms with Crippen LogP contribution in [0.1, 0.15) is 34.6 Å². The van der Waals surface area contributed by atoms with Gasteiger partial charge in [0.2, 0.25) is 0 Å². The molecule has 6 heteroatoms. The summed E-state index contributed by atoms with van der Waals surface area (Å²) in [6, 6.07) is 23.5. The van der Waals surface area contributed by atoms with Gasteiger partial charge in [-0.25, -0.2) is 4.98 Å². The van der Waals surface area contributed by atoms with Crippen molar-refractivity contribution in [3.63, 3.8) is 0 Å². The summed E-state index contributed by atoms with van der Waals surface area (Å²) in [6.45, 7) is 4.09. The summed E-state index contributed by atoms with van der Waals surface area (Å²) in [5, 5.41) is 3.00. The van der Waals surface area contributed by atoms with Crippen molar-refractivity contribution in [2.24, 2.45) is 0 Å². The van der Waals surface area contributed by atoms with Gasteiger partial charge in [0.25, 0.3) is 5.91 Å². The van der Waals surface area contributed by atoms with Gasteiger partial charge in [0.1, 0.15) is 17.3 Å². The van der Waals surface area contributed by atoms with Gasteiger partial charge in [-0.1, -0.05) is 42.5 Å². The molecule has 1 amide bonds. The minimum Gasteiger partial charge on any atom is -0.496 e. The van der Waals surface area contributed by atoms with E-state index in [4.69, 9.17) is 14.5 Å². The summed E-state index contributed by atoms with van der Waals surface area (Å²) in [6.07, 6.45) is 2.58. The average Bonchev–Trinajstić information content (AvgIpc) is 3.22. The number of aryl methyl sites for hydroxylation is 2. The van der Waals surface area contributed by atoms with Crippen LogP contribution in [0.25, 0.3) is 11.0 Å². The van der Waals surface area contributed by atoms with Gasteiger partial charge in [0, 0.05) is 19.5 Å². The second kappa shape index (κ2) is 11.4. The van der Waals surface area contributed by atoms with Crippen molar-refractivity contribution in [2.75, 3.05) is 20.3 Å². The zero-order valence-corrected chi connectivity index (χ0v) is 19.8. The zero-order chi connectivity index (χ0) is 23.8. The van der Waals surface area contributed by atoms with E-state index < -0.39 is 0 Å². The third kappa shape index (κ3) is 5.57. The molecule has 0 radical (unpaired) electrons. The molecule has 0 aliphatic rings. The van der Waals surface area contributed by atoms with Crippen LogP contribution < -0.4 is 14.8 Å². The monoisotopic (exact) mass is 457 g/mol. The number of imidazole rings is 1. The molecule has 0 spiro atoms. The SMILES string of the molecule is COc1ccccc1C(=O)NCCc1nc2ccccc2n1CCCCOc1ccccc1C. The van der Waals surface area contributed by atoms with Crippen LogP contribution >= 0.6 is 0 Å². The predicted molar refractivity (Wildman–Crippen MR) is 135 cm³/mol. The quantitative estimate of drug-likeness (QED) is 0.315. The molecule has 1 aromatic heterocycles. The molecule has 0 atom stereocenters. The van der Waals surface area contributed by atoms with E-state index in [-0.39, 0.29) is 5.91 Å². The Morgan fingerprint density at radius 1 is 0.941 bits per heavy atom. The van der Waals surface area contributed by atoms with E-state index in [1.165, 1.54) is 0 Å². The van der Waals surface area contributed by atoms with Crippen LogP contribution in [0.4, 0.5) is 0 Å². The molecule has 0 aliphatic carbocycles. The maximum atomic E-state index is 12.6. The van der Waals surface area contributed by atoms with Gasteiger partial charge >= 0.3 is 0 Å². The van der Waals surface area contributed by atoms with E-state index in [0.717, 1.165) is 47.6 Å². The molecule has 0 saturated carbocycles. The summed E-state index contributed by atoms with van der Waals surface area (Å²) >= 11 is 0. The van der Waals surface area contributed by atoms with E-state index in [1.807, 2.05) is 48.5 Å². The third-order valence-corrected chi connectivity index (χ3v) is 5.85. The Morgan fingerprint density at radius 3 is 2.50 bits per heavy atom. The Hall–Kier alpha value is -3.80. The lowest BCUT2D eigenvalue weighted by Crippen LogP contribution is -2.27. The second-order valence-corrected chi connectivity index (χ2v) is 8.20. The van der Waals surface area contributed by atoms with E-state index >= 15 is 0 Å². The van der Waals surface area contributed by atoms with Crippen molar-refractivity contribution in [2.45, 2.75) is 32.7 Å². The molecule has 0 fully saturated rings. The Bertz CT molecular complexity index is 1250. The number of nitrogens with one attached hydrogen (secondary N) is 1. The topological polar surface area (TPSA) is 65.4 Å². The first kappa shape index (κ1) is 23.4. The van der Waals surface area contributed by atoms with Crippen molar-refractivity contribution in [3.05, 3.63) is 89.7 Å². The van der Waals surface area contributed by atoms with E-state index in [2.05, 4.69) is 28.9 Å². The van der Waals surface area contributed by atoms with Crippen LogP contribution in [-0.4, -0.2) is 35.7 Å². The van der Waals surface area contributed by atoms with Crippen LogP contribution in [0.3, 0.4) is 0 Å². The highest BCUT2D eigenvalue weighted by atomic mass is 16.5. The van der Waals surface area contributed by atoms with Gasteiger partial charge in [0.05, 0.1) is 30.3 Å². The maximum Gasteiger partial charge on any atom is 0.255 e. The highest BCUT2D eigenvalue weighted by Gasteiger charge is 2.13. The lowest BCUT2D eigenvalue weighted by molar-refractivity contribution is 0.0951. The molecular weight excluding hydrogens is 426 g/mol. The highest BCUT2D eigenvalue weighted by Crippen LogP contribution is 2.20. The minimum absolute atomic E-state index is 0.145. The molecular formula is C28H31N3O3. The molecule has 4 aromatic rings. The highest BCUT2D eigenvalue weighted by molar-refractivity contribution is 5.96. The molecule has 3 aromatic carbocycles. The van der Waals surface area contributed by atoms with Crippen LogP contribution in [0.2, 0.25) is 0 Å². The van der Waals surface area contributed by atoms with Crippen molar-refractivity contribution in [3.8, 4) is 11.5 Å². The van der Waals surface area contributed by atoms with E-state index in [9.17, 15) is 4.79 Å². The van der Waals surface area contributed by atoms with Gasteiger partial charge in [-0.3, -0.25) is 4.79 Å². The summed E-state index contributed by atoms with van der Waals surface area (Å²) in [4.78, 5) is 17.5. The molecule has 0 saturated heterocycles. The standard InChI is InChI=1S/C28H31N3O3/c1-21-11-3-7-15-25(21)34-20-10-9-19-31-24-14-6-5-13-23(24)30-27(31)17-18-29-28(32)22-12-4-8-16-26(22)33-2/h3-8,11-16H,9-10,17-20H2,1-2H3,(H,29,32). The normalized spacial score (nSPS) is 10.9. The predicted octanol–water partition coefficient (Wildman–Crippen LogP) is 5.19. The number of ether oxygens (including phenoxy) is 2. The maximum absolute atomic E-state index is 12.6. The molecule has 176 valence electrons. The number of aromatic nitrogens is 2. The number of amides is 1. The van der Waals surface area contributed by atoms with Gasteiger partial charge in [-0.2, -0.15) is 0 Å². The number of methoxy groups -OCH3 is 1. The fourth-order valence-corrected chi connectivity index (χ4v) is 4.05. The number of carbonyl (C=O) groups excluding carboxylic acids is 1.